The zero-order chi connectivity index (χ0) is 37.5. The van der Waals surface area contributed by atoms with Crippen molar-refractivity contribution >= 4 is 60.6 Å². The molecule has 0 fully saturated rings. The van der Waals surface area contributed by atoms with Gasteiger partial charge in [0, 0.05) is 27.4 Å². The smallest absolute Gasteiger partial charge is 0.235 e. The van der Waals surface area contributed by atoms with Crippen LogP contribution in [-0.2, 0) is 0 Å². The normalized spacial score (nSPS) is 11.9. The van der Waals surface area contributed by atoms with Crippen molar-refractivity contribution in [1.29, 1.82) is 0 Å². The Morgan fingerprint density at radius 1 is 0.316 bits per heavy atom. The largest absolute Gasteiger partial charge is 0.278 e. The molecular weight excluding hydrogens is 697 g/mol. The lowest BCUT2D eigenvalue weighted by Crippen LogP contribution is -2.03. The van der Waals surface area contributed by atoms with Gasteiger partial charge in [-0.15, -0.1) is 0 Å². The Kier molecular flexibility index (Phi) is 6.83. The second kappa shape index (κ2) is 12.3. The van der Waals surface area contributed by atoms with E-state index in [-0.39, 0.29) is 0 Å². The van der Waals surface area contributed by atoms with Crippen molar-refractivity contribution in [3.8, 4) is 45.1 Å². The van der Waals surface area contributed by atoms with Crippen LogP contribution >= 0.6 is 0 Å². The molecule has 12 aromatic rings. The summed E-state index contributed by atoms with van der Waals surface area (Å²) in [6.45, 7) is 0. The highest BCUT2D eigenvalue weighted by Gasteiger charge is 2.20. The van der Waals surface area contributed by atoms with Gasteiger partial charge in [-0.3, -0.25) is 13.5 Å². The van der Waals surface area contributed by atoms with Crippen molar-refractivity contribution in [2.45, 2.75) is 0 Å². The quantitative estimate of drug-likeness (QED) is 0.177. The first kappa shape index (κ1) is 31.5. The molecule has 0 aliphatic heterocycles. The second-order valence-electron chi connectivity index (χ2n) is 14.5. The molecule has 0 amide bonds. The van der Waals surface area contributed by atoms with Gasteiger partial charge >= 0.3 is 0 Å². The van der Waals surface area contributed by atoms with E-state index in [1.165, 1.54) is 0 Å². The summed E-state index contributed by atoms with van der Waals surface area (Å²) in [4.78, 5) is 15.8. The van der Waals surface area contributed by atoms with Crippen LogP contribution in [0.3, 0.4) is 0 Å². The molecule has 6 heteroatoms. The third-order valence-corrected chi connectivity index (χ3v) is 11.3. The number of benzene rings is 8. The zero-order valence-electron chi connectivity index (χ0n) is 30.7. The van der Waals surface area contributed by atoms with Crippen LogP contribution in [0.1, 0.15) is 0 Å². The number of imidazole rings is 2. The first-order valence-electron chi connectivity index (χ1n) is 19.2. The molecule has 0 spiro atoms. The van der Waals surface area contributed by atoms with Crippen molar-refractivity contribution in [3.05, 3.63) is 194 Å². The van der Waals surface area contributed by atoms with Gasteiger partial charge in [0.05, 0.1) is 44.3 Å². The second-order valence-corrected chi connectivity index (χ2v) is 14.5. The summed E-state index contributed by atoms with van der Waals surface area (Å²) in [5, 5.41) is 3.31. The SMILES string of the molecule is c1ccc(-c2ccc3c(-c4ccccc4)nc(-n4c5ccccc5c5cc(-c6ccc7c(c6)n6c8ccccc8nc6n7-c6ccccc6)ccc54)nc3c2)cc1. The van der Waals surface area contributed by atoms with Crippen LogP contribution in [0, 0.1) is 0 Å². The maximum absolute atomic E-state index is 5.35. The molecule has 6 nitrogen and oxygen atoms in total. The molecule has 4 aromatic heterocycles. The maximum Gasteiger partial charge on any atom is 0.235 e. The lowest BCUT2D eigenvalue weighted by atomic mass is 10.0. The van der Waals surface area contributed by atoms with Crippen LogP contribution in [-0.4, -0.2) is 28.5 Å². The number of fused-ring (bicyclic) bond motifs is 9. The Labute approximate surface area is 327 Å². The minimum absolute atomic E-state index is 0.642. The van der Waals surface area contributed by atoms with Gasteiger partial charge in [0.15, 0.2) is 0 Å². The van der Waals surface area contributed by atoms with Gasteiger partial charge in [0.25, 0.3) is 0 Å². The number of aromatic nitrogens is 6. The summed E-state index contributed by atoms with van der Waals surface area (Å²) in [7, 11) is 0. The molecule has 0 N–H and O–H groups in total. The average molecular weight is 729 g/mol. The summed E-state index contributed by atoms with van der Waals surface area (Å²) in [6, 6.07) is 68.4. The van der Waals surface area contributed by atoms with E-state index in [0.29, 0.717) is 5.95 Å². The van der Waals surface area contributed by atoms with Crippen LogP contribution in [0.4, 0.5) is 0 Å². The number of rotatable bonds is 5. The van der Waals surface area contributed by atoms with E-state index in [9.17, 15) is 0 Å². The highest BCUT2D eigenvalue weighted by molar-refractivity contribution is 6.10. The summed E-state index contributed by atoms with van der Waals surface area (Å²) in [5.41, 5.74) is 14.9. The monoisotopic (exact) mass is 728 g/mol. The number of hydrogen-bond acceptors (Lipinski definition) is 3. The van der Waals surface area contributed by atoms with Crippen LogP contribution in [0.25, 0.3) is 106 Å². The van der Waals surface area contributed by atoms with E-state index in [0.717, 1.165) is 99.8 Å². The number of hydrogen-bond donors (Lipinski definition) is 0. The first-order chi connectivity index (χ1) is 28.3. The summed E-state index contributed by atoms with van der Waals surface area (Å²) < 4.78 is 6.77. The zero-order valence-corrected chi connectivity index (χ0v) is 30.7. The highest BCUT2D eigenvalue weighted by atomic mass is 15.2. The topological polar surface area (TPSA) is 52.9 Å². The Bertz CT molecular complexity index is 3510. The van der Waals surface area contributed by atoms with Gasteiger partial charge in [-0.1, -0.05) is 127 Å². The fourth-order valence-electron chi connectivity index (χ4n) is 8.62. The molecule has 0 radical (unpaired) electrons. The van der Waals surface area contributed by atoms with Crippen molar-refractivity contribution in [2.75, 3.05) is 0 Å². The van der Waals surface area contributed by atoms with Crippen molar-refractivity contribution in [2.24, 2.45) is 0 Å². The Morgan fingerprint density at radius 3 is 1.74 bits per heavy atom. The minimum Gasteiger partial charge on any atom is -0.278 e. The van der Waals surface area contributed by atoms with E-state index in [1.807, 2.05) is 18.2 Å². The van der Waals surface area contributed by atoms with E-state index in [4.69, 9.17) is 15.0 Å². The van der Waals surface area contributed by atoms with Crippen molar-refractivity contribution in [3.63, 3.8) is 0 Å². The number of para-hydroxylation sites is 4. The van der Waals surface area contributed by atoms with Crippen LogP contribution < -0.4 is 0 Å². The molecule has 8 aromatic carbocycles. The van der Waals surface area contributed by atoms with Crippen LogP contribution in [0.2, 0.25) is 0 Å². The molecular formula is C51H32N6. The molecule has 0 saturated heterocycles. The molecule has 266 valence electrons. The van der Waals surface area contributed by atoms with Gasteiger partial charge in [-0.2, -0.15) is 0 Å². The molecule has 0 atom stereocenters. The van der Waals surface area contributed by atoms with E-state index in [2.05, 4.69) is 189 Å². The molecule has 57 heavy (non-hydrogen) atoms. The minimum atomic E-state index is 0.642. The van der Waals surface area contributed by atoms with Crippen molar-refractivity contribution in [1.82, 2.24) is 28.5 Å². The van der Waals surface area contributed by atoms with Gasteiger partial charge in [-0.25, -0.2) is 15.0 Å². The molecule has 0 unspecified atom stereocenters. The standard InChI is InChI=1S/C51H32N6/c1-4-14-33(15-5-1)36-24-27-40-43(31-36)52-50(54-49(40)34-16-6-2-7-17-34)56-44-22-12-10-20-39(44)41-30-35(25-28-45(41)56)37-26-29-47-48(32-37)57-46-23-13-11-21-42(46)53-51(57)55(47)38-18-8-3-9-19-38/h1-32H. The summed E-state index contributed by atoms with van der Waals surface area (Å²) >= 11 is 0. The predicted octanol–water partition coefficient (Wildman–Crippen LogP) is 12.5. The lowest BCUT2D eigenvalue weighted by molar-refractivity contribution is 1.01. The highest BCUT2D eigenvalue weighted by Crippen LogP contribution is 2.38. The van der Waals surface area contributed by atoms with Crippen LogP contribution in [0.5, 0.6) is 0 Å². The lowest BCUT2D eigenvalue weighted by Gasteiger charge is -2.13. The molecule has 0 bridgehead atoms. The maximum atomic E-state index is 5.35. The fraction of sp³-hybridized carbons (Fsp3) is 0. The van der Waals surface area contributed by atoms with Gasteiger partial charge in [0.1, 0.15) is 0 Å². The molecule has 0 aliphatic rings. The predicted molar refractivity (Wildman–Crippen MR) is 233 cm³/mol. The fourth-order valence-corrected chi connectivity index (χ4v) is 8.62. The molecule has 0 aliphatic carbocycles. The summed E-state index contributed by atoms with van der Waals surface area (Å²) in [5.74, 6) is 1.54. The van der Waals surface area contributed by atoms with E-state index < -0.39 is 0 Å². The van der Waals surface area contributed by atoms with Gasteiger partial charge in [0.2, 0.25) is 11.7 Å². The average Bonchev–Trinajstić information content (AvgIpc) is 3.93. The molecule has 4 heterocycles. The first-order valence-corrected chi connectivity index (χ1v) is 19.2. The van der Waals surface area contributed by atoms with Crippen molar-refractivity contribution < 1.29 is 0 Å². The van der Waals surface area contributed by atoms with E-state index in [1.54, 1.807) is 0 Å². The molecule has 0 saturated carbocycles. The summed E-state index contributed by atoms with van der Waals surface area (Å²) in [6.07, 6.45) is 0. The Morgan fingerprint density at radius 2 is 0.930 bits per heavy atom. The Balaban J connectivity index is 1.07. The third-order valence-electron chi connectivity index (χ3n) is 11.3. The Hall–Kier alpha value is -7.83. The van der Waals surface area contributed by atoms with E-state index >= 15 is 0 Å². The third kappa shape index (κ3) is 4.87. The van der Waals surface area contributed by atoms with Gasteiger partial charge in [-0.05, 0) is 89.0 Å². The van der Waals surface area contributed by atoms with Crippen LogP contribution in [0.15, 0.2) is 194 Å². The molecule has 12 rings (SSSR count). The van der Waals surface area contributed by atoms with Gasteiger partial charge < -0.3 is 0 Å². The number of nitrogens with zero attached hydrogens (tertiary/aromatic N) is 6.